The summed E-state index contributed by atoms with van der Waals surface area (Å²) in [5, 5.41) is 0. The molecule has 0 unspecified atom stereocenters. The Bertz CT molecular complexity index is 307. The minimum Gasteiger partial charge on any atom is -0.383 e. The lowest BCUT2D eigenvalue weighted by molar-refractivity contribution is 0.122. The van der Waals surface area contributed by atoms with Gasteiger partial charge in [-0.1, -0.05) is 0 Å². The van der Waals surface area contributed by atoms with E-state index < -0.39 is 0 Å². The first-order chi connectivity index (χ1) is 6.75. The summed E-state index contributed by atoms with van der Waals surface area (Å²) in [5.74, 6) is 1.15. The summed E-state index contributed by atoms with van der Waals surface area (Å²) in [7, 11) is 0. The van der Waals surface area contributed by atoms with Crippen molar-refractivity contribution < 1.29 is 4.74 Å². The number of hydrogen-bond acceptors (Lipinski definition) is 5. The Morgan fingerprint density at radius 2 is 2.07 bits per heavy atom. The zero-order valence-corrected chi connectivity index (χ0v) is 9.20. The molecule has 1 aromatic heterocycles. The summed E-state index contributed by atoms with van der Waals surface area (Å²) in [4.78, 5) is 10.5. The molecule has 1 aliphatic rings. The van der Waals surface area contributed by atoms with Crippen LogP contribution < -0.4 is 10.6 Å². The highest BCUT2D eigenvalue weighted by molar-refractivity contribution is 9.10. The SMILES string of the molecule is Nc1cc(Br)nc(N2CCOCC2)n1. The number of aromatic nitrogens is 2. The van der Waals surface area contributed by atoms with Gasteiger partial charge in [0.05, 0.1) is 13.2 Å². The number of anilines is 2. The first-order valence-electron chi connectivity index (χ1n) is 4.38. The van der Waals surface area contributed by atoms with Crippen molar-refractivity contribution in [3.8, 4) is 0 Å². The summed E-state index contributed by atoms with van der Waals surface area (Å²) in [6.45, 7) is 3.07. The quantitative estimate of drug-likeness (QED) is 0.750. The second-order valence-electron chi connectivity index (χ2n) is 3.01. The first kappa shape index (κ1) is 9.67. The van der Waals surface area contributed by atoms with E-state index in [0.717, 1.165) is 26.3 Å². The van der Waals surface area contributed by atoms with Gasteiger partial charge in [-0.3, -0.25) is 0 Å². The molecule has 2 rings (SSSR count). The van der Waals surface area contributed by atoms with Crippen molar-refractivity contribution in [3.63, 3.8) is 0 Å². The molecule has 76 valence electrons. The maximum absolute atomic E-state index is 5.63. The third kappa shape index (κ3) is 2.13. The molecule has 0 spiro atoms. The van der Waals surface area contributed by atoms with Gasteiger partial charge in [0.1, 0.15) is 10.4 Å². The zero-order chi connectivity index (χ0) is 9.97. The van der Waals surface area contributed by atoms with Crippen LogP contribution in [-0.2, 0) is 4.74 Å². The van der Waals surface area contributed by atoms with E-state index in [1.807, 2.05) is 0 Å². The standard InChI is InChI=1S/C8H11BrN4O/c9-6-5-7(10)12-8(11-6)13-1-3-14-4-2-13/h5H,1-4H2,(H2,10,11,12). The van der Waals surface area contributed by atoms with Crippen LogP contribution in [0.25, 0.3) is 0 Å². The van der Waals surface area contributed by atoms with Crippen molar-refractivity contribution in [2.45, 2.75) is 0 Å². The van der Waals surface area contributed by atoms with Crippen molar-refractivity contribution in [3.05, 3.63) is 10.7 Å². The average Bonchev–Trinajstić information content (AvgIpc) is 2.18. The maximum atomic E-state index is 5.63. The van der Waals surface area contributed by atoms with E-state index in [1.54, 1.807) is 6.07 Å². The number of nitrogen functional groups attached to an aromatic ring is 1. The van der Waals surface area contributed by atoms with Gasteiger partial charge < -0.3 is 15.4 Å². The maximum Gasteiger partial charge on any atom is 0.228 e. The second-order valence-corrected chi connectivity index (χ2v) is 3.83. The highest BCUT2D eigenvalue weighted by Crippen LogP contribution is 2.16. The van der Waals surface area contributed by atoms with Crippen LogP contribution in [0.2, 0.25) is 0 Å². The number of nitrogens with two attached hydrogens (primary N) is 1. The van der Waals surface area contributed by atoms with E-state index in [0.29, 0.717) is 16.4 Å². The van der Waals surface area contributed by atoms with Gasteiger partial charge in [0.2, 0.25) is 5.95 Å². The molecule has 0 bridgehead atoms. The lowest BCUT2D eigenvalue weighted by Gasteiger charge is -2.26. The van der Waals surface area contributed by atoms with Crippen LogP contribution in [0.1, 0.15) is 0 Å². The number of rotatable bonds is 1. The molecule has 0 aliphatic carbocycles. The van der Waals surface area contributed by atoms with E-state index in [2.05, 4.69) is 30.8 Å². The van der Waals surface area contributed by atoms with E-state index in [1.165, 1.54) is 0 Å². The van der Waals surface area contributed by atoms with Crippen LogP contribution in [0.3, 0.4) is 0 Å². The molecule has 1 aliphatic heterocycles. The van der Waals surface area contributed by atoms with Crippen LogP contribution in [0.4, 0.5) is 11.8 Å². The molecule has 1 fully saturated rings. The van der Waals surface area contributed by atoms with Gasteiger partial charge in [0, 0.05) is 19.2 Å². The largest absolute Gasteiger partial charge is 0.383 e. The van der Waals surface area contributed by atoms with Crippen LogP contribution in [0.5, 0.6) is 0 Å². The molecule has 0 radical (unpaired) electrons. The van der Waals surface area contributed by atoms with Gasteiger partial charge >= 0.3 is 0 Å². The molecule has 2 N–H and O–H groups in total. The summed E-state index contributed by atoms with van der Waals surface area (Å²) < 4.78 is 5.96. The molecule has 0 saturated carbocycles. The van der Waals surface area contributed by atoms with Gasteiger partial charge in [-0.15, -0.1) is 0 Å². The molecule has 6 heteroatoms. The zero-order valence-electron chi connectivity index (χ0n) is 7.61. The lowest BCUT2D eigenvalue weighted by atomic mass is 10.4. The minimum absolute atomic E-state index is 0.480. The molecular weight excluding hydrogens is 248 g/mol. The number of nitrogens with zero attached hydrogens (tertiary/aromatic N) is 3. The van der Waals surface area contributed by atoms with E-state index in [4.69, 9.17) is 10.5 Å². The summed E-state index contributed by atoms with van der Waals surface area (Å²) in [6, 6.07) is 1.68. The van der Waals surface area contributed by atoms with Gasteiger partial charge in [0.25, 0.3) is 0 Å². The second kappa shape index (κ2) is 4.10. The van der Waals surface area contributed by atoms with Crippen LogP contribution in [0, 0.1) is 0 Å². The Morgan fingerprint density at radius 1 is 1.36 bits per heavy atom. The molecule has 0 atom stereocenters. The fourth-order valence-electron chi connectivity index (χ4n) is 1.33. The van der Waals surface area contributed by atoms with Gasteiger partial charge in [-0.05, 0) is 15.9 Å². The van der Waals surface area contributed by atoms with Crippen LogP contribution in [0.15, 0.2) is 10.7 Å². The van der Waals surface area contributed by atoms with Gasteiger partial charge in [-0.2, -0.15) is 4.98 Å². The number of ether oxygens (including phenoxy) is 1. The molecule has 2 heterocycles. The fourth-order valence-corrected chi connectivity index (χ4v) is 1.72. The molecule has 5 nitrogen and oxygen atoms in total. The highest BCUT2D eigenvalue weighted by Gasteiger charge is 2.14. The Morgan fingerprint density at radius 3 is 2.71 bits per heavy atom. The van der Waals surface area contributed by atoms with E-state index in [9.17, 15) is 0 Å². The molecule has 1 aromatic rings. The molecule has 14 heavy (non-hydrogen) atoms. The highest BCUT2D eigenvalue weighted by atomic mass is 79.9. The van der Waals surface area contributed by atoms with Crippen molar-refractivity contribution in [1.29, 1.82) is 0 Å². The monoisotopic (exact) mass is 258 g/mol. The van der Waals surface area contributed by atoms with Crippen LogP contribution in [-0.4, -0.2) is 36.3 Å². The lowest BCUT2D eigenvalue weighted by Crippen LogP contribution is -2.37. The minimum atomic E-state index is 0.480. The summed E-state index contributed by atoms with van der Waals surface area (Å²) in [5.41, 5.74) is 5.63. The van der Waals surface area contributed by atoms with Crippen LogP contribution >= 0.6 is 15.9 Å². The smallest absolute Gasteiger partial charge is 0.228 e. The van der Waals surface area contributed by atoms with E-state index >= 15 is 0 Å². The average molecular weight is 259 g/mol. The summed E-state index contributed by atoms with van der Waals surface area (Å²) >= 11 is 3.29. The predicted molar refractivity (Wildman–Crippen MR) is 57.2 cm³/mol. The predicted octanol–water partition coefficient (Wildman–Crippen LogP) is 0.658. The van der Waals surface area contributed by atoms with Crippen molar-refractivity contribution in [2.24, 2.45) is 0 Å². The fraction of sp³-hybridized carbons (Fsp3) is 0.500. The number of halogens is 1. The van der Waals surface area contributed by atoms with Crippen molar-refractivity contribution >= 4 is 27.7 Å². The van der Waals surface area contributed by atoms with Crippen molar-refractivity contribution in [2.75, 3.05) is 36.9 Å². The number of hydrogen-bond donors (Lipinski definition) is 1. The van der Waals surface area contributed by atoms with Gasteiger partial charge in [0.15, 0.2) is 0 Å². The molecule has 0 aromatic carbocycles. The third-order valence-electron chi connectivity index (χ3n) is 2.00. The van der Waals surface area contributed by atoms with E-state index in [-0.39, 0.29) is 0 Å². The molecule has 1 saturated heterocycles. The number of morpholine rings is 1. The third-order valence-corrected chi connectivity index (χ3v) is 2.40. The van der Waals surface area contributed by atoms with Crippen molar-refractivity contribution in [1.82, 2.24) is 9.97 Å². The Labute approximate surface area is 90.4 Å². The first-order valence-corrected chi connectivity index (χ1v) is 5.18. The normalized spacial score (nSPS) is 17.1. The summed E-state index contributed by atoms with van der Waals surface area (Å²) in [6.07, 6.45) is 0. The molecular formula is C8H11BrN4O. The molecule has 0 amide bonds. The topological polar surface area (TPSA) is 64.3 Å². The Balaban J connectivity index is 2.21. The van der Waals surface area contributed by atoms with Gasteiger partial charge in [-0.25, -0.2) is 4.98 Å². The Hall–Kier alpha value is -0.880. The Kier molecular flexibility index (Phi) is 2.83.